The maximum absolute atomic E-state index is 11.5. The molecule has 1 aliphatic heterocycles. The molecule has 0 aliphatic carbocycles. The van der Waals surface area contributed by atoms with Crippen LogP contribution in [0.5, 0.6) is 0 Å². The highest BCUT2D eigenvalue weighted by Crippen LogP contribution is 2.27. The first kappa shape index (κ1) is 17.4. The molecule has 0 amide bonds. The highest BCUT2D eigenvalue weighted by atomic mass is 16.5. The van der Waals surface area contributed by atoms with Gasteiger partial charge in [-0.3, -0.25) is 4.90 Å². The Balaban J connectivity index is 1.42. The number of furan rings is 1. The molecule has 0 radical (unpaired) electrons. The molecule has 3 aromatic rings. The molecule has 140 valence electrons. The minimum absolute atomic E-state index is 0.231. The molecule has 1 aliphatic rings. The molecule has 0 bridgehead atoms. The second-order valence-electron chi connectivity index (χ2n) is 6.30. The van der Waals surface area contributed by atoms with E-state index in [1.54, 1.807) is 23.1 Å². The monoisotopic (exact) mass is 368 g/mol. The standard InChI is InChI=1S/C19H20N4O4/c1-25-19(24)15-6-4-14(5-7-15)11-23-13-17(20-21-23)18-22(8-10-27-18)12-16-3-2-9-26-16/h2-7,9,13,18H,8,10-12H2,1H3. The van der Waals surface area contributed by atoms with Crippen LogP contribution in [-0.2, 0) is 22.6 Å². The summed E-state index contributed by atoms with van der Waals surface area (Å²) in [6, 6.07) is 11.1. The van der Waals surface area contributed by atoms with Crippen LogP contribution in [0.4, 0.5) is 0 Å². The molecule has 3 heterocycles. The van der Waals surface area contributed by atoms with Gasteiger partial charge in [-0.15, -0.1) is 5.10 Å². The lowest BCUT2D eigenvalue weighted by Gasteiger charge is -2.19. The van der Waals surface area contributed by atoms with E-state index >= 15 is 0 Å². The summed E-state index contributed by atoms with van der Waals surface area (Å²) in [5.41, 5.74) is 2.30. The Hall–Kier alpha value is -2.97. The van der Waals surface area contributed by atoms with Crippen molar-refractivity contribution in [3.63, 3.8) is 0 Å². The third-order valence-corrected chi connectivity index (χ3v) is 4.45. The Labute approximate surface area is 156 Å². The minimum Gasteiger partial charge on any atom is -0.468 e. The van der Waals surface area contributed by atoms with Gasteiger partial charge < -0.3 is 13.9 Å². The molecule has 1 unspecified atom stereocenters. The van der Waals surface area contributed by atoms with Crippen LogP contribution in [0.3, 0.4) is 0 Å². The van der Waals surface area contributed by atoms with Crippen LogP contribution < -0.4 is 0 Å². The lowest BCUT2D eigenvalue weighted by molar-refractivity contribution is 0.0223. The van der Waals surface area contributed by atoms with Crippen molar-refractivity contribution in [2.24, 2.45) is 0 Å². The van der Waals surface area contributed by atoms with E-state index in [9.17, 15) is 4.79 Å². The molecular formula is C19H20N4O4. The summed E-state index contributed by atoms with van der Waals surface area (Å²) in [5, 5.41) is 8.48. The predicted octanol–water partition coefficient (Wildman–Crippen LogP) is 2.24. The number of hydrogen-bond acceptors (Lipinski definition) is 7. The smallest absolute Gasteiger partial charge is 0.337 e. The number of carbonyl (C=O) groups is 1. The maximum Gasteiger partial charge on any atom is 0.337 e. The molecule has 1 aromatic carbocycles. The zero-order chi connectivity index (χ0) is 18.6. The number of hydrogen-bond donors (Lipinski definition) is 0. The van der Waals surface area contributed by atoms with Crippen LogP contribution in [-0.4, -0.2) is 46.1 Å². The molecular weight excluding hydrogens is 348 g/mol. The van der Waals surface area contributed by atoms with Gasteiger partial charge in [0.25, 0.3) is 0 Å². The van der Waals surface area contributed by atoms with Crippen molar-refractivity contribution in [2.45, 2.75) is 19.3 Å². The van der Waals surface area contributed by atoms with Crippen LogP contribution in [0.25, 0.3) is 0 Å². The fraction of sp³-hybridized carbons (Fsp3) is 0.316. The highest BCUT2D eigenvalue weighted by molar-refractivity contribution is 5.89. The van der Waals surface area contributed by atoms with E-state index in [0.717, 1.165) is 23.6 Å². The molecule has 0 spiro atoms. The summed E-state index contributed by atoms with van der Waals surface area (Å²) in [4.78, 5) is 13.7. The number of rotatable bonds is 6. The third-order valence-electron chi connectivity index (χ3n) is 4.45. The van der Waals surface area contributed by atoms with Gasteiger partial charge in [0.15, 0.2) is 6.23 Å². The number of esters is 1. The van der Waals surface area contributed by atoms with Crippen molar-refractivity contribution < 1.29 is 18.7 Å². The number of nitrogens with zero attached hydrogens (tertiary/aromatic N) is 4. The van der Waals surface area contributed by atoms with Crippen molar-refractivity contribution in [2.75, 3.05) is 20.3 Å². The van der Waals surface area contributed by atoms with Crippen LogP contribution >= 0.6 is 0 Å². The Morgan fingerprint density at radius 3 is 2.85 bits per heavy atom. The van der Waals surface area contributed by atoms with Crippen LogP contribution in [0.15, 0.2) is 53.3 Å². The SMILES string of the molecule is COC(=O)c1ccc(Cn2cc(C3OCCN3Cc3ccco3)nn2)cc1. The Bertz CT molecular complexity index is 889. The number of benzene rings is 1. The van der Waals surface area contributed by atoms with Crippen molar-refractivity contribution in [1.29, 1.82) is 0 Å². The lowest BCUT2D eigenvalue weighted by atomic mass is 10.1. The van der Waals surface area contributed by atoms with Gasteiger partial charge in [-0.1, -0.05) is 17.3 Å². The Morgan fingerprint density at radius 1 is 1.26 bits per heavy atom. The van der Waals surface area contributed by atoms with E-state index in [1.165, 1.54) is 7.11 Å². The normalized spacial score (nSPS) is 17.3. The number of methoxy groups -OCH3 is 1. The number of ether oxygens (including phenoxy) is 2. The van der Waals surface area contributed by atoms with Gasteiger partial charge in [-0.2, -0.15) is 0 Å². The molecule has 2 aromatic heterocycles. The van der Waals surface area contributed by atoms with Gasteiger partial charge in [-0.05, 0) is 29.8 Å². The largest absolute Gasteiger partial charge is 0.468 e. The van der Waals surface area contributed by atoms with Gasteiger partial charge in [-0.25, -0.2) is 9.48 Å². The molecule has 8 nitrogen and oxygen atoms in total. The molecule has 8 heteroatoms. The van der Waals surface area contributed by atoms with Gasteiger partial charge in [0.05, 0.1) is 44.8 Å². The number of aromatic nitrogens is 3. The van der Waals surface area contributed by atoms with Gasteiger partial charge in [0.1, 0.15) is 11.5 Å². The van der Waals surface area contributed by atoms with Crippen LogP contribution in [0, 0.1) is 0 Å². The molecule has 0 saturated carbocycles. The Morgan fingerprint density at radius 2 is 2.11 bits per heavy atom. The summed E-state index contributed by atoms with van der Waals surface area (Å²) < 4.78 is 17.7. The molecule has 1 atom stereocenters. The average Bonchev–Trinajstić information content (AvgIpc) is 3.44. The molecule has 1 saturated heterocycles. The van der Waals surface area contributed by atoms with Crippen molar-refractivity contribution >= 4 is 5.97 Å². The second kappa shape index (κ2) is 7.73. The fourth-order valence-corrected chi connectivity index (χ4v) is 3.10. The minimum atomic E-state index is -0.348. The summed E-state index contributed by atoms with van der Waals surface area (Å²) in [6.07, 6.45) is 3.33. The summed E-state index contributed by atoms with van der Waals surface area (Å²) >= 11 is 0. The van der Waals surface area contributed by atoms with E-state index in [4.69, 9.17) is 13.9 Å². The zero-order valence-corrected chi connectivity index (χ0v) is 14.9. The number of carbonyl (C=O) groups excluding carboxylic acids is 1. The van der Waals surface area contributed by atoms with Crippen LogP contribution in [0.1, 0.15) is 33.6 Å². The second-order valence-corrected chi connectivity index (χ2v) is 6.30. The van der Waals surface area contributed by atoms with E-state index < -0.39 is 0 Å². The molecule has 4 rings (SSSR count). The van der Waals surface area contributed by atoms with Crippen molar-refractivity contribution in [1.82, 2.24) is 19.9 Å². The average molecular weight is 368 g/mol. The highest BCUT2D eigenvalue weighted by Gasteiger charge is 2.30. The summed E-state index contributed by atoms with van der Waals surface area (Å²) in [5.74, 6) is 0.545. The van der Waals surface area contributed by atoms with E-state index in [-0.39, 0.29) is 12.2 Å². The first-order valence-electron chi connectivity index (χ1n) is 8.68. The lowest BCUT2D eigenvalue weighted by Crippen LogP contribution is -2.23. The van der Waals surface area contributed by atoms with E-state index in [0.29, 0.717) is 25.3 Å². The fourth-order valence-electron chi connectivity index (χ4n) is 3.10. The zero-order valence-electron chi connectivity index (χ0n) is 14.9. The van der Waals surface area contributed by atoms with E-state index in [2.05, 4.69) is 15.2 Å². The first-order chi connectivity index (χ1) is 13.2. The van der Waals surface area contributed by atoms with Crippen molar-refractivity contribution in [3.05, 3.63) is 71.4 Å². The maximum atomic E-state index is 11.5. The first-order valence-corrected chi connectivity index (χ1v) is 8.68. The van der Waals surface area contributed by atoms with Crippen LogP contribution in [0.2, 0.25) is 0 Å². The summed E-state index contributed by atoms with van der Waals surface area (Å²) in [6.45, 7) is 2.68. The quantitative estimate of drug-likeness (QED) is 0.617. The molecule has 0 N–H and O–H groups in total. The van der Waals surface area contributed by atoms with E-state index in [1.807, 2.05) is 30.5 Å². The Kier molecular flexibility index (Phi) is 4.99. The van der Waals surface area contributed by atoms with Crippen molar-refractivity contribution in [3.8, 4) is 0 Å². The molecule has 27 heavy (non-hydrogen) atoms. The topological polar surface area (TPSA) is 82.6 Å². The third kappa shape index (κ3) is 3.91. The van der Waals surface area contributed by atoms with Gasteiger partial charge in [0.2, 0.25) is 0 Å². The summed E-state index contributed by atoms with van der Waals surface area (Å²) in [7, 11) is 1.37. The molecule has 1 fully saturated rings. The van der Waals surface area contributed by atoms with Gasteiger partial charge >= 0.3 is 5.97 Å². The van der Waals surface area contributed by atoms with Gasteiger partial charge in [0, 0.05) is 6.54 Å². The predicted molar refractivity (Wildman–Crippen MR) is 94.7 cm³/mol.